The van der Waals surface area contributed by atoms with Gasteiger partial charge in [0, 0.05) is 87.0 Å². The largest absolute Gasteiger partial charge is 0.497 e. The van der Waals surface area contributed by atoms with Crippen LogP contribution in [0.3, 0.4) is 0 Å². The number of aliphatic imine (C=N–C) groups is 2. The summed E-state index contributed by atoms with van der Waals surface area (Å²) in [6, 6.07) is 19.2. The minimum Gasteiger partial charge on any atom is -0.497 e. The number of amides is 7. The third-order valence-electron chi connectivity index (χ3n) is 14.4. The van der Waals surface area contributed by atoms with Crippen LogP contribution in [-0.4, -0.2) is 134 Å². The van der Waals surface area contributed by atoms with Gasteiger partial charge in [-0.3, -0.25) is 48.4 Å². The Balaban J connectivity index is 0.754. The van der Waals surface area contributed by atoms with Gasteiger partial charge in [0.2, 0.25) is 17.7 Å². The van der Waals surface area contributed by atoms with Crippen LogP contribution in [0.5, 0.6) is 28.7 Å². The first-order chi connectivity index (χ1) is 38.6. The van der Waals surface area contributed by atoms with Crippen LogP contribution in [0.4, 0.5) is 17.1 Å². The summed E-state index contributed by atoms with van der Waals surface area (Å²) in [4.78, 5) is 105. The Morgan fingerprint density at radius 3 is 1.75 bits per heavy atom. The number of rotatable bonds is 23. The Hall–Kier alpha value is -9.07. The Labute approximate surface area is 463 Å². The molecule has 0 saturated heterocycles. The second-order valence-electron chi connectivity index (χ2n) is 20.2. The smallest absolute Gasteiger partial charge is 0.260 e. The number of hydrogen-bond acceptors (Lipinski definition) is 14. The molecular formula is C60H64N8O12. The van der Waals surface area contributed by atoms with E-state index in [1.807, 2.05) is 36.5 Å². The summed E-state index contributed by atoms with van der Waals surface area (Å²) in [5.41, 5.74) is 5.77. The van der Waals surface area contributed by atoms with E-state index < -0.39 is 29.9 Å². The van der Waals surface area contributed by atoms with E-state index in [0.717, 1.165) is 32.9 Å². The van der Waals surface area contributed by atoms with Crippen LogP contribution in [0, 0.1) is 5.92 Å². The number of methoxy groups -OCH3 is 3. The third-order valence-corrected chi connectivity index (χ3v) is 14.4. The summed E-state index contributed by atoms with van der Waals surface area (Å²) in [5, 5.41) is 8.39. The first-order valence-electron chi connectivity index (χ1n) is 26.7. The predicted octanol–water partition coefficient (Wildman–Crippen LogP) is 7.57. The summed E-state index contributed by atoms with van der Waals surface area (Å²) in [7, 11) is 4.64. The molecule has 0 unspecified atom stereocenters. The molecule has 5 aliphatic heterocycles. The maximum atomic E-state index is 14.2. The molecule has 0 aliphatic carbocycles. The summed E-state index contributed by atoms with van der Waals surface area (Å²) in [5.74, 6) is -0.363. The molecule has 0 radical (unpaired) electrons. The number of benzene rings is 4. The molecule has 80 heavy (non-hydrogen) atoms. The zero-order chi connectivity index (χ0) is 56.6. The molecule has 0 fully saturated rings. The van der Waals surface area contributed by atoms with Crippen molar-refractivity contribution in [3.8, 4) is 28.7 Å². The van der Waals surface area contributed by atoms with Gasteiger partial charge >= 0.3 is 0 Å². The van der Waals surface area contributed by atoms with Crippen LogP contribution in [-0.2, 0) is 24.0 Å². The van der Waals surface area contributed by atoms with E-state index in [4.69, 9.17) is 33.7 Å². The Bertz CT molecular complexity index is 3240. The fourth-order valence-corrected chi connectivity index (χ4v) is 9.95. The molecule has 0 saturated carbocycles. The van der Waals surface area contributed by atoms with Gasteiger partial charge in [-0.25, -0.2) is 0 Å². The molecule has 20 heteroatoms. The number of carbonyl (C=O) groups is 7. The van der Waals surface area contributed by atoms with Gasteiger partial charge in [0.15, 0.2) is 23.0 Å². The lowest BCUT2D eigenvalue weighted by Gasteiger charge is -2.24. The molecule has 5 heterocycles. The van der Waals surface area contributed by atoms with Crippen LogP contribution in [0.25, 0.3) is 11.1 Å². The zero-order valence-electron chi connectivity index (χ0n) is 45.5. The SMILES string of the molecule is COc1ccc(C2=CN3C(=O)c4cc(OC)c(OCCCOc5cc6c(cc5OC)C(=O)N5C=C(c7cccc(NC(=O)[C@H](C)NC(=O)[C@@H](NC(=O)CCCCCN8C(=O)C=CC8=O)C(C)C)c7)C[C@H]5C=N6)cc4N=C[C@@H]3C2)cc1. The van der Waals surface area contributed by atoms with E-state index in [2.05, 4.69) is 16.0 Å². The summed E-state index contributed by atoms with van der Waals surface area (Å²) in [6.07, 6.45) is 13.0. The number of nitrogens with zero attached hydrogens (tertiary/aromatic N) is 5. The highest BCUT2D eigenvalue weighted by molar-refractivity contribution is 6.13. The predicted molar refractivity (Wildman–Crippen MR) is 300 cm³/mol. The first kappa shape index (κ1) is 55.7. The van der Waals surface area contributed by atoms with Gasteiger partial charge in [-0.15, -0.1) is 0 Å². The van der Waals surface area contributed by atoms with Crippen molar-refractivity contribution in [2.75, 3.05) is 46.4 Å². The van der Waals surface area contributed by atoms with Crippen molar-refractivity contribution in [1.82, 2.24) is 25.3 Å². The Kier molecular flexibility index (Phi) is 17.2. The number of imide groups is 1. The fourth-order valence-electron chi connectivity index (χ4n) is 9.95. The second kappa shape index (κ2) is 24.7. The standard InChI is InChI=1S/C60H64N8O12/c1-35(2)56(65-53(69)14-8-7-9-21-66-54(70)19-20-55(66)71)58(73)63-36(3)57(72)64-41-13-10-12-38(24-41)40-26-43-32-62-48-30-52(50(78-6)28-46(48)60(75)68(43)34-40)80-23-11-22-79-51-29-47-45(27-49(51)77-5)59(74)67-33-39(25-42(67)31-61-47)37-15-17-44(76-4)18-16-37/h10,12-13,15-20,24,27-36,42-43,56H,7-9,11,14,21-23,25-26H2,1-6H3,(H,63,73)(H,64,72)(H,65,69)/t36-,42-,43-,56-/m0/s1. The normalized spacial score (nSPS) is 17.6. The minimum atomic E-state index is -0.949. The Morgan fingerprint density at radius 1 is 0.625 bits per heavy atom. The first-order valence-corrected chi connectivity index (χ1v) is 26.7. The number of fused-ring (bicyclic) bond motifs is 4. The molecule has 7 amide bonds. The molecule has 4 aromatic carbocycles. The third kappa shape index (κ3) is 12.4. The van der Waals surface area contributed by atoms with E-state index in [9.17, 15) is 33.6 Å². The average molecular weight is 1090 g/mol. The second-order valence-corrected chi connectivity index (χ2v) is 20.2. The van der Waals surface area contributed by atoms with E-state index in [0.29, 0.717) is 89.7 Å². The van der Waals surface area contributed by atoms with Crippen LogP contribution in [0.1, 0.15) is 97.6 Å². The lowest BCUT2D eigenvalue weighted by atomic mass is 10.0. The molecule has 0 aromatic heterocycles. The molecule has 20 nitrogen and oxygen atoms in total. The number of anilines is 1. The quantitative estimate of drug-likeness (QED) is 0.0482. The minimum absolute atomic E-state index is 0.156. The highest BCUT2D eigenvalue weighted by Crippen LogP contribution is 2.42. The number of carbonyl (C=O) groups excluding carboxylic acids is 7. The van der Waals surface area contributed by atoms with E-state index in [-0.39, 0.29) is 67.7 Å². The zero-order valence-corrected chi connectivity index (χ0v) is 45.5. The van der Waals surface area contributed by atoms with Gasteiger partial charge < -0.3 is 49.4 Å². The van der Waals surface area contributed by atoms with Gasteiger partial charge in [-0.05, 0) is 84.4 Å². The number of unbranched alkanes of at least 4 members (excludes halogenated alkanes) is 2. The fraction of sp³-hybridized carbons (Fsp3) is 0.350. The highest BCUT2D eigenvalue weighted by atomic mass is 16.5. The summed E-state index contributed by atoms with van der Waals surface area (Å²) in [6.45, 7) is 5.92. The van der Waals surface area contributed by atoms with Gasteiger partial charge in [0.1, 0.15) is 17.8 Å². The molecule has 0 spiro atoms. The molecule has 0 bridgehead atoms. The van der Waals surface area contributed by atoms with E-state index in [1.165, 1.54) is 26.4 Å². The van der Waals surface area contributed by atoms with Gasteiger partial charge in [-0.1, -0.05) is 44.5 Å². The molecule has 4 aromatic rings. The lowest BCUT2D eigenvalue weighted by Crippen LogP contribution is -2.53. The maximum absolute atomic E-state index is 14.2. The average Bonchev–Trinajstić information content (AvgIpc) is 4.18. The molecule has 416 valence electrons. The number of nitrogens with one attached hydrogen (secondary N) is 3. The van der Waals surface area contributed by atoms with Crippen molar-refractivity contribution in [3.63, 3.8) is 0 Å². The van der Waals surface area contributed by atoms with Crippen molar-refractivity contribution in [3.05, 3.63) is 120 Å². The van der Waals surface area contributed by atoms with Crippen molar-refractivity contribution in [2.24, 2.45) is 15.9 Å². The van der Waals surface area contributed by atoms with Crippen molar-refractivity contribution < 1.29 is 57.2 Å². The number of hydrogen-bond donors (Lipinski definition) is 3. The van der Waals surface area contributed by atoms with Gasteiger partial charge in [0.05, 0.1) is 69.1 Å². The molecule has 9 rings (SSSR count). The molecule has 5 aliphatic rings. The monoisotopic (exact) mass is 1090 g/mol. The Morgan fingerprint density at radius 2 is 1.20 bits per heavy atom. The molecule has 4 atom stereocenters. The van der Waals surface area contributed by atoms with E-state index >= 15 is 0 Å². The molecule has 3 N–H and O–H groups in total. The van der Waals surface area contributed by atoms with Crippen LogP contribution >= 0.6 is 0 Å². The maximum Gasteiger partial charge on any atom is 0.260 e. The van der Waals surface area contributed by atoms with Crippen molar-refractivity contribution in [1.29, 1.82) is 0 Å². The van der Waals surface area contributed by atoms with Crippen LogP contribution in [0.15, 0.2) is 107 Å². The topological polar surface area (TPSA) is 236 Å². The highest BCUT2D eigenvalue weighted by Gasteiger charge is 2.36. The van der Waals surface area contributed by atoms with Gasteiger partial charge in [-0.2, -0.15) is 0 Å². The van der Waals surface area contributed by atoms with Gasteiger partial charge in [0.25, 0.3) is 23.6 Å². The van der Waals surface area contributed by atoms with Crippen LogP contribution < -0.4 is 39.6 Å². The summed E-state index contributed by atoms with van der Waals surface area (Å²) < 4.78 is 29.0. The van der Waals surface area contributed by atoms with Crippen molar-refractivity contribution in [2.45, 2.75) is 89.9 Å². The molecular weight excluding hydrogens is 1020 g/mol. The lowest BCUT2D eigenvalue weighted by molar-refractivity contribution is -0.137. The van der Waals surface area contributed by atoms with Crippen LogP contribution in [0.2, 0.25) is 0 Å². The number of ether oxygens (including phenoxy) is 5. The van der Waals surface area contributed by atoms with Crippen molar-refractivity contribution >= 4 is 82.0 Å². The van der Waals surface area contributed by atoms with E-state index in [1.54, 1.807) is 98.8 Å². The summed E-state index contributed by atoms with van der Waals surface area (Å²) >= 11 is 0.